The molecule has 0 fully saturated rings. The first-order valence-electron chi connectivity index (χ1n) is 10.2. The predicted octanol–water partition coefficient (Wildman–Crippen LogP) is 5.80. The lowest BCUT2D eigenvalue weighted by atomic mass is 9.97. The van der Waals surface area contributed by atoms with Crippen molar-refractivity contribution in [2.75, 3.05) is 0 Å². The average molecular weight is 330 g/mol. The zero-order valence-corrected chi connectivity index (χ0v) is 16.5. The van der Waals surface area contributed by atoms with Crippen LogP contribution < -0.4 is 17.4 Å². The third kappa shape index (κ3) is 27.0. The summed E-state index contributed by atoms with van der Waals surface area (Å²) < 4.78 is 0. The van der Waals surface area contributed by atoms with Crippen LogP contribution in [0.15, 0.2) is 0 Å². The molecule has 0 unspecified atom stereocenters. The van der Waals surface area contributed by atoms with E-state index in [9.17, 15) is 0 Å². The van der Waals surface area contributed by atoms with Gasteiger partial charge in [-0.25, -0.2) is 0 Å². The minimum absolute atomic E-state index is 0.0382. The lowest BCUT2D eigenvalue weighted by molar-refractivity contribution is 0.440. The molecule has 3 nitrogen and oxygen atoms in total. The number of hydrogen-bond acceptors (Lipinski definition) is 3. The van der Waals surface area contributed by atoms with E-state index in [0.29, 0.717) is 0 Å². The molecule has 142 valence electrons. The first-order valence-corrected chi connectivity index (χ1v) is 10.2. The maximum absolute atomic E-state index is 5.99. The van der Waals surface area contributed by atoms with Crippen LogP contribution in [0.4, 0.5) is 0 Å². The molecule has 0 bridgehead atoms. The molecule has 23 heavy (non-hydrogen) atoms. The van der Waals surface area contributed by atoms with E-state index in [-0.39, 0.29) is 5.54 Å². The molecule has 0 aromatic rings. The van der Waals surface area contributed by atoms with Crippen molar-refractivity contribution in [1.29, 1.82) is 0 Å². The van der Waals surface area contributed by atoms with Gasteiger partial charge in [0.15, 0.2) is 0 Å². The van der Waals surface area contributed by atoms with E-state index in [4.69, 9.17) is 5.73 Å². The minimum atomic E-state index is 0.0382. The summed E-state index contributed by atoms with van der Waals surface area (Å²) in [6.07, 6.45) is 22.7. The summed E-state index contributed by atoms with van der Waals surface area (Å²) in [4.78, 5) is 0. The van der Waals surface area contributed by atoms with Crippen molar-refractivity contribution in [2.24, 2.45) is 17.4 Å². The molecule has 0 aromatic carbocycles. The number of hydrazine groups is 1. The molecule has 6 N–H and O–H groups in total. The van der Waals surface area contributed by atoms with Crippen LogP contribution in [0.2, 0.25) is 0 Å². The Balaban J connectivity index is 0. The fourth-order valence-electron chi connectivity index (χ4n) is 2.95. The Bertz CT molecular complexity index is 200. The van der Waals surface area contributed by atoms with Gasteiger partial charge >= 0.3 is 0 Å². The number of unbranched alkanes of at least 4 members (excludes halogenated alkanes) is 14. The summed E-state index contributed by atoms with van der Waals surface area (Å²) in [7, 11) is 0. The van der Waals surface area contributed by atoms with Gasteiger partial charge < -0.3 is 5.73 Å². The summed E-state index contributed by atoms with van der Waals surface area (Å²) >= 11 is 0. The second-order valence-electron chi connectivity index (χ2n) is 7.69. The molecule has 0 amide bonds. The SMILES string of the molecule is CCCCCCCCCCCCCCCCCC(C)(C)N.NN. The molecule has 0 saturated carbocycles. The summed E-state index contributed by atoms with van der Waals surface area (Å²) in [6.45, 7) is 6.56. The van der Waals surface area contributed by atoms with Gasteiger partial charge in [-0.15, -0.1) is 0 Å². The topological polar surface area (TPSA) is 78.1 Å². The van der Waals surface area contributed by atoms with Gasteiger partial charge in [0.05, 0.1) is 0 Å². The normalized spacial score (nSPS) is 11.2. The van der Waals surface area contributed by atoms with Gasteiger partial charge in [0, 0.05) is 5.54 Å². The molecule has 3 heteroatoms. The Hall–Kier alpha value is -0.120. The molecule has 0 aliphatic carbocycles. The lowest BCUT2D eigenvalue weighted by Gasteiger charge is -2.17. The van der Waals surface area contributed by atoms with Gasteiger partial charge in [-0.1, -0.05) is 103 Å². The Morgan fingerprint density at radius 2 is 0.783 bits per heavy atom. The van der Waals surface area contributed by atoms with Crippen LogP contribution in [0.1, 0.15) is 124 Å². The summed E-state index contributed by atoms with van der Waals surface area (Å²) in [5.74, 6) is 8.00. The highest BCUT2D eigenvalue weighted by atomic mass is 15.0. The Morgan fingerprint density at radius 3 is 1.04 bits per heavy atom. The van der Waals surface area contributed by atoms with Crippen molar-refractivity contribution < 1.29 is 0 Å². The smallest absolute Gasteiger partial charge is 0.00970 e. The zero-order valence-electron chi connectivity index (χ0n) is 16.5. The van der Waals surface area contributed by atoms with Crippen LogP contribution in [-0.2, 0) is 0 Å². The van der Waals surface area contributed by atoms with Gasteiger partial charge in [-0.3, -0.25) is 11.7 Å². The molecule has 0 atom stereocenters. The van der Waals surface area contributed by atoms with E-state index in [0.717, 1.165) is 0 Å². The molecule has 0 heterocycles. The van der Waals surface area contributed by atoms with Crippen LogP contribution in [0.25, 0.3) is 0 Å². The van der Waals surface area contributed by atoms with E-state index in [1.54, 1.807) is 0 Å². The summed E-state index contributed by atoms with van der Waals surface area (Å²) in [6, 6.07) is 0. The van der Waals surface area contributed by atoms with Crippen molar-refractivity contribution in [3.05, 3.63) is 0 Å². The van der Waals surface area contributed by atoms with Gasteiger partial charge in [-0.2, -0.15) is 0 Å². The molecular weight excluding hydrogens is 282 g/mol. The first-order chi connectivity index (χ1) is 11.1. The number of hydrogen-bond donors (Lipinski definition) is 3. The molecule has 0 aromatic heterocycles. The van der Waals surface area contributed by atoms with Crippen molar-refractivity contribution in [3.8, 4) is 0 Å². The number of rotatable bonds is 16. The van der Waals surface area contributed by atoms with Crippen LogP contribution in [-0.4, -0.2) is 5.54 Å². The van der Waals surface area contributed by atoms with Gasteiger partial charge in [0.1, 0.15) is 0 Å². The van der Waals surface area contributed by atoms with Gasteiger partial charge in [-0.05, 0) is 20.3 Å². The molecule has 0 radical (unpaired) electrons. The standard InChI is InChI=1S/C20H43N.H4N2/c1-4-5-6-7-8-9-10-11-12-13-14-15-16-17-18-19-20(2,3)21;1-2/h4-19,21H2,1-3H3;1-2H2. The van der Waals surface area contributed by atoms with Gasteiger partial charge in [0.2, 0.25) is 0 Å². The second kappa shape index (κ2) is 19.9. The Kier molecular flexibility index (Phi) is 21.8. The van der Waals surface area contributed by atoms with Crippen LogP contribution in [0, 0.1) is 0 Å². The fourth-order valence-corrected chi connectivity index (χ4v) is 2.95. The van der Waals surface area contributed by atoms with Crippen molar-refractivity contribution in [1.82, 2.24) is 0 Å². The van der Waals surface area contributed by atoms with E-state index >= 15 is 0 Å². The molecule has 0 aliphatic heterocycles. The highest BCUT2D eigenvalue weighted by molar-refractivity contribution is 4.70. The maximum atomic E-state index is 5.99. The quantitative estimate of drug-likeness (QED) is 0.190. The van der Waals surface area contributed by atoms with Gasteiger partial charge in [0.25, 0.3) is 0 Å². The monoisotopic (exact) mass is 329 g/mol. The third-order valence-corrected chi connectivity index (χ3v) is 4.42. The molecule has 0 rings (SSSR count). The van der Waals surface area contributed by atoms with E-state index in [1.807, 2.05) is 0 Å². The first kappa shape index (κ1) is 25.1. The largest absolute Gasteiger partial charge is 0.326 e. The molecule has 0 saturated heterocycles. The zero-order chi connectivity index (χ0) is 17.8. The van der Waals surface area contributed by atoms with E-state index in [1.165, 1.54) is 103 Å². The highest BCUT2D eigenvalue weighted by Crippen LogP contribution is 2.15. The van der Waals surface area contributed by atoms with Crippen molar-refractivity contribution >= 4 is 0 Å². The van der Waals surface area contributed by atoms with Crippen LogP contribution in [0.3, 0.4) is 0 Å². The summed E-state index contributed by atoms with van der Waals surface area (Å²) in [5, 5.41) is 0. The molecule has 0 spiro atoms. The van der Waals surface area contributed by atoms with Crippen LogP contribution >= 0.6 is 0 Å². The number of nitrogens with two attached hydrogens (primary N) is 3. The fraction of sp³-hybridized carbons (Fsp3) is 1.00. The third-order valence-electron chi connectivity index (χ3n) is 4.42. The predicted molar refractivity (Wildman–Crippen MR) is 106 cm³/mol. The van der Waals surface area contributed by atoms with E-state index in [2.05, 4.69) is 32.5 Å². The minimum Gasteiger partial charge on any atom is -0.326 e. The summed E-state index contributed by atoms with van der Waals surface area (Å²) in [5.41, 5.74) is 6.03. The average Bonchev–Trinajstić information content (AvgIpc) is 2.52. The molecular formula is C20H47N3. The molecule has 0 aliphatic rings. The Morgan fingerprint density at radius 1 is 0.522 bits per heavy atom. The Labute approximate surface area is 147 Å². The van der Waals surface area contributed by atoms with Crippen molar-refractivity contribution in [3.63, 3.8) is 0 Å². The van der Waals surface area contributed by atoms with Crippen molar-refractivity contribution in [2.45, 2.75) is 129 Å². The van der Waals surface area contributed by atoms with E-state index < -0.39 is 0 Å². The highest BCUT2D eigenvalue weighted by Gasteiger charge is 2.08. The second-order valence-corrected chi connectivity index (χ2v) is 7.69. The lowest BCUT2D eigenvalue weighted by Crippen LogP contribution is -2.31. The maximum Gasteiger partial charge on any atom is 0.00970 e. The van der Waals surface area contributed by atoms with Crippen LogP contribution in [0.5, 0.6) is 0 Å².